The Kier molecular flexibility index (Phi) is 5.62. The van der Waals surface area contributed by atoms with Gasteiger partial charge in [-0.1, -0.05) is 41.4 Å². The number of nitrogens with zero attached hydrogens (tertiary/aromatic N) is 1. The van der Waals surface area contributed by atoms with E-state index in [9.17, 15) is 9.18 Å². The Bertz CT molecular complexity index is 763. The zero-order chi connectivity index (χ0) is 18.0. The van der Waals surface area contributed by atoms with Crippen LogP contribution in [0, 0.1) is 5.82 Å². The molecule has 1 saturated carbocycles. The van der Waals surface area contributed by atoms with Crippen LogP contribution in [0.4, 0.5) is 4.39 Å². The third-order valence-electron chi connectivity index (χ3n) is 4.23. The zero-order valence-electron chi connectivity index (χ0n) is 13.8. The Labute approximate surface area is 156 Å². The molecule has 0 saturated heterocycles. The minimum absolute atomic E-state index is 0.0818. The van der Waals surface area contributed by atoms with Crippen molar-refractivity contribution >= 4 is 29.1 Å². The Morgan fingerprint density at radius 3 is 2.52 bits per heavy atom. The van der Waals surface area contributed by atoms with Crippen LogP contribution >= 0.6 is 23.2 Å². The molecule has 0 aliphatic heterocycles. The summed E-state index contributed by atoms with van der Waals surface area (Å²) >= 11 is 12.2. The van der Waals surface area contributed by atoms with Crippen LogP contribution in [0.15, 0.2) is 42.5 Å². The minimum Gasteiger partial charge on any atom is -0.352 e. The highest BCUT2D eigenvalue weighted by atomic mass is 35.5. The lowest BCUT2D eigenvalue weighted by molar-refractivity contribution is -0.126. The topological polar surface area (TPSA) is 32.3 Å². The lowest BCUT2D eigenvalue weighted by Gasteiger charge is -2.28. The highest BCUT2D eigenvalue weighted by molar-refractivity contribution is 6.35. The highest BCUT2D eigenvalue weighted by Crippen LogP contribution is 2.28. The smallest absolute Gasteiger partial charge is 0.242 e. The summed E-state index contributed by atoms with van der Waals surface area (Å²) in [6.07, 6.45) is 2.02. The fourth-order valence-corrected chi connectivity index (χ4v) is 3.24. The van der Waals surface area contributed by atoms with Crippen LogP contribution in [0.2, 0.25) is 10.0 Å². The summed E-state index contributed by atoms with van der Waals surface area (Å²) in [5.74, 6) is -0.407. The number of nitrogens with one attached hydrogen (secondary N) is 1. The quantitative estimate of drug-likeness (QED) is 0.794. The van der Waals surface area contributed by atoms with E-state index in [0.717, 1.165) is 24.0 Å². The van der Waals surface area contributed by atoms with Crippen LogP contribution in [0.3, 0.4) is 0 Å². The molecule has 0 bridgehead atoms. The molecule has 6 heteroatoms. The van der Waals surface area contributed by atoms with E-state index in [1.54, 1.807) is 24.3 Å². The number of halogens is 3. The molecule has 0 aromatic heterocycles. The molecule has 1 fully saturated rings. The van der Waals surface area contributed by atoms with Crippen LogP contribution in [0.25, 0.3) is 0 Å². The molecule has 2 aromatic carbocycles. The molecule has 1 aliphatic carbocycles. The molecule has 0 unspecified atom stereocenters. The molecule has 1 atom stereocenters. The third kappa shape index (κ3) is 4.72. The van der Waals surface area contributed by atoms with E-state index in [1.807, 2.05) is 18.0 Å². The van der Waals surface area contributed by atoms with Crippen LogP contribution in [0.1, 0.15) is 30.0 Å². The lowest BCUT2D eigenvalue weighted by atomic mass is 10.0. The van der Waals surface area contributed by atoms with Crippen LogP contribution in [-0.2, 0) is 11.3 Å². The maximum atomic E-state index is 13.3. The standard InChI is InChI=1S/C19H19Cl2FN2O/c1-24(11-13-2-5-14(20)10-17(13)21)18(19(25)23-16-8-9-16)12-3-6-15(22)7-4-12/h2-7,10,16,18H,8-9,11H2,1H3,(H,23,25)/t18-/m0/s1. The summed E-state index contributed by atoms with van der Waals surface area (Å²) in [6.45, 7) is 0.468. The van der Waals surface area contributed by atoms with Gasteiger partial charge >= 0.3 is 0 Å². The van der Waals surface area contributed by atoms with E-state index in [2.05, 4.69) is 5.32 Å². The van der Waals surface area contributed by atoms with Crippen molar-refractivity contribution in [2.24, 2.45) is 0 Å². The summed E-state index contributed by atoms with van der Waals surface area (Å²) in [7, 11) is 1.85. The van der Waals surface area contributed by atoms with Gasteiger partial charge < -0.3 is 5.32 Å². The van der Waals surface area contributed by atoms with Gasteiger partial charge in [0.05, 0.1) is 0 Å². The fraction of sp³-hybridized carbons (Fsp3) is 0.316. The lowest BCUT2D eigenvalue weighted by Crippen LogP contribution is -2.39. The normalized spacial score (nSPS) is 15.2. The Hall–Kier alpha value is -1.62. The van der Waals surface area contributed by atoms with Crippen LogP contribution < -0.4 is 5.32 Å². The molecule has 1 N–H and O–H groups in total. The van der Waals surface area contributed by atoms with Gasteiger partial charge in [0.2, 0.25) is 5.91 Å². The largest absolute Gasteiger partial charge is 0.352 e. The second kappa shape index (κ2) is 7.73. The zero-order valence-corrected chi connectivity index (χ0v) is 15.3. The number of rotatable bonds is 6. The molecule has 3 rings (SSSR count). The first-order valence-electron chi connectivity index (χ1n) is 8.14. The molecule has 1 aliphatic rings. The molecule has 132 valence electrons. The number of benzene rings is 2. The van der Waals surface area contributed by atoms with E-state index in [0.29, 0.717) is 16.6 Å². The van der Waals surface area contributed by atoms with Crippen molar-refractivity contribution in [2.45, 2.75) is 31.5 Å². The molecule has 0 spiro atoms. The van der Waals surface area contributed by atoms with E-state index in [4.69, 9.17) is 23.2 Å². The molecular weight excluding hydrogens is 362 g/mol. The van der Waals surface area contributed by atoms with E-state index >= 15 is 0 Å². The summed E-state index contributed by atoms with van der Waals surface area (Å²) < 4.78 is 13.3. The minimum atomic E-state index is -0.520. The monoisotopic (exact) mass is 380 g/mol. The van der Waals surface area contributed by atoms with Gasteiger partial charge in [0.1, 0.15) is 11.9 Å². The summed E-state index contributed by atoms with van der Waals surface area (Å²) in [6, 6.07) is 11.1. The van der Waals surface area contributed by atoms with Crippen molar-refractivity contribution < 1.29 is 9.18 Å². The third-order valence-corrected chi connectivity index (χ3v) is 4.82. The van der Waals surface area contributed by atoms with Crippen molar-refractivity contribution in [2.75, 3.05) is 7.05 Å². The van der Waals surface area contributed by atoms with E-state index in [-0.39, 0.29) is 17.8 Å². The molecule has 0 radical (unpaired) electrons. The van der Waals surface area contributed by atoms with Gasteiger partial charge in [-0.15, -0.1) is 0 Å². The number of hydrogen-bond acceptors (Lipinski definition) is 2. The number of carbonyl (C=O) groups excluding carboxylic acids is 1. The van der Waals surface area contributed by atoms with Crippen molar-refractivity contribution in [1.82, 2.24) is 10.2 Å². The van der Waals surface area contributed by atoms with Gasteiger partial charge in [-0.2, -0.15) is 0 Å². The van der Waals surface area contributed by atoms with Crippen molar-refractivity contribution in [3.05, 3.63) is 69.5 Å². The van der Waals surface area contributed by atoms with Crippen LogP contribution in [0.5, 0.6) is 0 Å². The van der Waals surface area contributed by atoms with Crippen molar-refractivity contribution in [1.29, 1.82) is 0 Å². The van der Waals surface area contributed by atoms with Gasteiger partial charge in [-0.25, -0.2) is 4.39 Å². The average molecular weight is 381 g/mol. The van der Waals surface area contributed by atoms with Crippen LogP contribution in [-0.4, -0.2) is 23.9 Å². The second-order valence-electron chi connectivity index (χ2n) is 6.39. The summed E-state index contributed by atoms with van der Waals surface area (Å²) in [5, 5.41) is 4.15. The molecule has 3 nitrogen and oxygen atoms in total. The van der Waals surface area contributed by atoms with Gasteiger partial charge in [-0.3, -0.25) is 9.69 Å². The Morgan fingerprint density at radius 2 is 1.92 bits per heavy atom. The highest BCUT2D eigenvalue weighted by Gasteiger charge is 2.31. The van der Waals surface area contributed by atoms with Gasteiger partial charge in [-0.05, 0) is 55.3 Å². The van der Waals surface area contributed by atoms with E-state index in [1.165, 1.54) is 12.1 Å². The number of amides is 1. The van der Waals surface area contributed by atoms with Gasteiger partial charge in [0.25, 0.3) is 0 Å². The summed E-state index contributed by atoms with van der Waals surface area (Å²) in [5.41, 5.74) is 1.62. The van der Waals surface area contributed by atoms with E-state index < -0.39 is 6.04 Å². The first-order valence-corrected chi connectivity index (χ1v) is 8.89. The van der Waals surface area contributed by atoms with Gasteiger partial charge in [0, 0.05) is 22.6 Å². The molecule has 25 heavy (non-hydrogen) atoms. The number of carbonyl (C=O) groups is 1. The maximum Gasteiger partial charge on any atom is 0.242 e. The first-order chi connectivity index (χ1) is 11.9. The van der Waals surface area contributed by atoms with Crippen molar-refractivity contribution in [3.63, 3.8) is 0 Å². The maximum absolute atomic E-state index is 13.3. The first kappa shape index (κ1) is 18.2. The predicted octanol–water partition coefficient (Wildman–Crippen LogP) is 4.58. The Morgan fingerprint density at radius 1 is 1.24 bits per heavy atom. The number of hydrogen-bond donors (Lipinski definition) is 1. The molecular formula is C19H19Cl2FN2O. The van der Waals surface area contributed by atoms with Crippen molar-refractivity contribution in [3.8, 4) is 0 Å². The molecule has 0 heterocycles. The molecule has 2 aromatic rings. The second-order valence-corrected chi connectivity index (χ2v) is 7.23. The van der Waals surface area contributed by atoms with Gasteiger partial charge in [0.15, 0.2) is 0 Å². The summed E-state index contributed by atoms with van der Waals surface area (Å²) in [4.78, 5) is 14.7. The predicted molar refractivity (Wildman–Crippen MR) is 98.2 cm³/mol. The average Bonchev–Trinajstić information content (AvgIpc) is 3.36. The Balaban J connectivity index is 1.83. The SMILES string of the molecule is CN(Cc1ccc(Cl)cc1Cl)[C@H](C(=O)NC1CC1)c1ccc(F)cc1. The fourth-order valence-electron chi connectivity index (χ4n) is 2.77. The number of likely N-dealkylation sites (N-methyl/N-ethyl adjacent to an activating group) is 1. The molecule has 1 amide bonds.